The van der Waals surface area contributed by atoms with E-state index in [1.807, 2.05) is 0 Å². The zero-order chi connectivity index (χ0) is 26.0. The third kappa shape index (κ3) is 4.25. The highest BCUT2D eigenvalue weighted by molar-refractivity contribution is 5.69. The van der Waals surface area contributed by atoms with Crippen LogP contribution in [0.1, 0.15) is 125 Å². The SMILES string of the molecule is CCCCCC(=O)O[C@@H]1CC[C@@]2(C)[C@@H](CC[C@@H]3[C@H]2CC[C@]2(C)[C@@H]4[C@H](C[C@H]32)O[C@]2(CC[C@@H](C)CO2)[C@H]4C)C1. The monoisotopic (exact) mass is 514 g/mol. The van der Waals surface area contributed by atoms with Crippen molar-refractivity contribution in [2.24, 2.45) is 52.3 Å². The molecular weight excluding hydrogens is 460 g/mol. The van der Waals surface area contributed by atoms with E-state index >= 15 is 0 Å². The molecular formula is C33H54O4. The van der Waals surface area contributed by atoms with Gasteiger partial charge in [-0.3, -0.25) is 4.79 Å². The molecule has 210 valence electrons. The van der Waals surface area contributed by atoms with Crippen molar-refractivity contribution in [1.29, 1.82) is 0 Å². The number of esters is 1. The zero-order valence-corrected chi connectivity index (χ0v) is 24.4. The summed E-state index contributed by atoms with van der Waals surface area (Å²) in [5, 5.41) is 0. The first-order valence-electron chi connectivity index (χ1n) is 16.2. The van der Waals surface area contributed by atoms with Crippen LogP contribution >= 0.6 is 0 Å². The lowest BCUT2D eigenvalue weighted by Gasteiger charge is -2.61. The van der Waals surface area contributed by atoms with Crippen LogP contribution < -0.4 is 0 Å². The average molecular weight is 515 g/mol. The van der Waals surface area contributed by atoms with Crippen molar-refractivity contribution in [3.05, 3.63) is 0 Å². The maximum atomic E-state index is 12.4. The van der Waals surface area contributed by atoms with Crippen molar-refractivity contribution < 1.29 is 19.0 Å². The van der Waals surface area contributed by atoms with Crippen LogP contribution in [0.3, 0.4) is 0 Å². The summed E-state index contributed by atoms with van der Waals surface area (Å²) in [7, 11) is 0. The molecule has 4 saturated carbocycles. The van der Waals surface area contributed by atoms with Gasteiger partial charge >= 0.3 is 5.97 Å². The third-order valence-electron chi connectivity index (χ3n) is 13.2. The third-order valence-corrected chi connectivity index (χ3v) is 13.2. The highest BCUT2D eigenvalue weighted by Crippen LogP contribution is 2.71. The Labute approximate surface area is 226 Å². The van der Waals surface area contributed by atoms with Gasteiger partial charge in [0.25, 0.3) is 0 Å². The number of hydrogen-bond acceptors (Lipinski definition) is 4. The molecule has 0 amide bonds. The highest BCUT2D eigenvalue weighted by atomic mass is 16.7. The van der Waals surface area contributed by atoms with Crippen molar-refractivity contribution in [2.75, 3.05) is 6.61 Å². The van der Waals surface area contributed by atoms with Crippen LogP contribution in [0.2, 0.25) is 0 Å². The summed E-state index contributed by atoms with van der Waals surface area (Å²) in [6, 6.07) is 0. The minimum absolute atomic E-state index is 0.0463. The predicted molar refractivity (Wildman–Crippen MR) is 146 cm³/mol. The van der Waals surface area contributed by atoms with E-state index in [4.69, 9.17) is 14.2 Å². The van der Waals surface area contributed by atoms with Crippen LogP contribution in [-0.2, 0) is 19.0 Å². The van der Waals surface area contributed by atoms with E-state index in [2.05, 4.69) is 34.6 Å². The average Bonchev–Trinajstić information content (AvgIpc) is 3.31. The number of rotatable bonds is 5. The van der Waals surface area contributed by atoms with E-state index in [0.717, 1.165) is 68.8 Å². The number of carbonyl (C=O) groups is 1. The second kappa shape index (κ2) is 9.79. The molecule has 37 heavy (non-hydrogen) atoms. The van der Waals surface area contributed by atoms with Crippen LogP contribution in [0.25, 0.3) is 0 Å². The molecule has 12 atom stereocenters. The lowest BCUT2D eigenvalue weighted by Crippen LogP contribution is -2.55. The van der Waals surface area contributed by atoms with Crippen molar-refractivity contribution in [2.45, 2.75) is 143 Å². The van der Waals surface area contributed by atoms with Crippen molar-refractivity contribution in [1.82, 2.24) is 0 Å². The Hall–Kier alpha value is -0.610. The predicted octanol–water partition coefficient (Wildman–Crippen LogP) is 7.93. The molecule has 4 nitrogen and oxygen atoms in total. The summed E-state index contributed by atoms with van der Waals surface area (Å²) in [5.41, 5.74) is 0.818. The van der Waals surface area contributed by atoms with Crippen molar-refractivity contribution >= 4 is 5.97 Å². The zero-order valence-electron chi connectivity index (χ0n) is 24.4. The molecule has 0 aromatic rings. The molecule has 4 heteroatoms. The first-order valence-corrected chi connectivity index (χ1v) is 16.2. The molecule has 2 saturated heterocycles. The Kier molecular flexibility index (Phi) is 7.04. The number of unbranched alkanes of at least 4 members (excludes halogenated alkanes) is 2. The van der Waals surface area contributed by atoms with Crippen LogP contribution in [0.5, 0.6) is 0 Å². The molecule has 0 unspecified atom stereocenters. The molecule has 6 fully saturated rings. The normalized spacial score (nSPS) is 52.7. The van der Waals surface area contributed by atoms with Crippen molar-refractivity contribution in [3.63, 3.8) is 0 Å². The van der Waals surface area contributed by atoms with Crippen LogP contribution in [-0.4, -0.2) is 30.6 Å². The summed E-state index contributed by atoms with van der Waals surface area (Å²) >= 11 is 0. The van der Waals surface area contributed by atoms with Gasteiger partial charge in [-0.05, 0) is 111 Å². The molecule has 2 aliphatic heterocycles. The maximum Gasteiger partial charge on any atom is 0.306 e. The summed E-state index contributed by atoms with van der Waals surface area (Å²) in [5.74, 6) is 4.76. The Morgan fingerprint density at radius 3 is 2.49 bits per heavy atom. The van der Waals surface area contributed by atoms with Gasteiger partial charge in [-0.1, -0.05) is 47.5 Å². The van der Waals surface area contributed by atoms with Gasteiger partial charge in [0.1, 0.15) is 6.10 Å². The molecule has 2 heterocycles. The van der Waals surface area contributed by atoms with Gasteiger partial charge < -0.3 is 14.2 Å². The first-order chi connectivity index (χ1) is 17.7. The molecule has 4 aliphatic carbocycles. The highest BCUT2D eigenvalue weighted by Gasteiger charge is 2.69. The minimum Gasteiger partial charge on any atom is -0.462 e. The second-order valence-electron chi connectivity index (χ2n) is 15.0. The van der Waals surface area contributed by atoms with Crippen LogP contribution in [0.4, 0.5) is 0 Å². The standard InChI is InChI=1S/C33H54O4/c1-6-7-8-9-29(34)36-24-13-15-31(4)23(18-24)10-11-25-26(31)14-16-32(5)27(25)19-28-30(32)22(3)33(37-28)17-12-21(2)20-35-33/h21-28,30H,6-20H2,1-5H3/t21-,22+,23+,24-,25-,26-,27-,28+,30+,31+,32+,33-/m1/s1. The molecule has 6 aliphatic rings. The lowest BCUT2D eigenvalue weighted by atomic mass is 9.44. The summed E-state index contributed by atoms with van der Waals surface area (Å²) in [6.07, 6.45) is 16.8. The summed E-state index contributed by atoms with van der Waals surface area (Å²) < 4.78 is 19.5. The molecule has 1 spiro atoms. The van der Waals surface area contributed by atoms with E-state index in [1.54, 1.807) is 0 Å². The fraction of sp³-hybridized carbons (Fsp3) is 0.970. The van der Waals surface area contributed by atoms with Gasteiger partial charge in [-0.25, -0.2) is 0 Å². The smallest absolute Gasteiger partial charge is 0.306 e. The molecule has 0 radical (unpaired) electrons. The Morgan fingerprint density at radius 2 is 1.73 bits per heavy atom. The Morgan fingerprint density at radius 1 is 0.919 bits per heavy atom. The van der Waals surface area contributed by atoms with E-state index in [-0.39, 0.29) is 17.9 Å². The molecule has 0 bridgehead atoms. The molecule has 0 aromatic heterocycles. The van der Waals surface area contributed by atoms with Gasteiger partial charge in [0, 0.05) is 18.8 Å². The lowest BCUT2D eigenvalue weighted by molar-refractivity contribution is -0.273. The molecule has 0 aromatic carbocycles. The number of fused-ring (bicyclic) bond motifs is 7. The topological polar surface area (TPSA) is 44.8 Å². The van der Waals surface area contributed by atoms with Gasteiger partial charge in [0.2, 0.25) is 0 Å². The first kappa shape index (κ1) is 26.6. The Balaban J connectivity index is 1.12. The quantitative estimate of drug-likeness (QED) is 0.276. The molecule has 0 N–H and O–H groups in total. The number of carbonyl (C=O) groups excluding carboxylic acids is 1. The summed E-state index contributed by atoms with van der Waals surface area (Å²) in [4.78, 5) is 12.4. The van der Waals surface area contributed by atoms with Gasteiger partial charge in [-0.15, -0.1) is 0 Å². The summed E-state index contributed by atoms with van der Waals surface area (Å²) in [6.45, 7) is 13.1. The number of ether oxygens (including phenoxy) is 3. The van der Waals surface area contributed by atoms with E-state index < -0.39 is 0 Å². The number of hydrogen-bond donors (Lipinski definition) is 0. The molecule has 6 rings (SSSR count). The fourth-order valence-electron chi connectivity index (χ4n) is 11.1. The second-order valence-corrected chi connectivity index (χ2v) is 15.0. The van der Waals surface area contributed by atoms with Gasteiger partial charge in [-0.2, -0.15) is 0 Å². The Bertz CT molecular complexity index is 847. The van der Waals surface area contributed by atoms with E-state index in [9.17, 15) is 4.79 Å². The van der Waals surface area contributed by atoms with Crippen LogP contribution in [0, 0.1) is 52.3 Å². The fourth-order valence-corrected chi connectivity index (χ4v) is 11.1. The van der Waals surface area contributed by atoms with Crippen LogP contribution in [0.15, 0.2) is 0 Å². The van der Waals surface area contributed by atoms with Gasteiger partial charge in [0.05, 0.1) is 12.7 Å². The minimum atomic E-state index is -0.303. The van der Waals surface area contributed by atoms with E-state index in [0.29, 0.717) is 41.1 Å². The largest absolute Gasteiger partial charge is 0.462 e. The van der Waals surface area contributed by atoms with Crippen molar-refractivity contribution in [3.8, 4) is 0 Å². The van der Waals surface area contributed by atoms with Gasteiger partial charge in [0.15, 0.2) is 5.79 Å². The maximum absolute atomic E-state index is 12.4. The van der Waals surface area contributed by atoms with E-state index in [1.165, 1.54) is 44.9 Å².